The molecule has 1 amide bonds. The molecule has 0 atom stereocenters. The van der Waals surface area contributed by atoms with Crippen molar-refractivity contribution in [3.63, 3.8) is 0 Å². The zero-order valence-corrected chi connectivity index (χ0v) is 7.67. The lowest BCUT2D eigenvalue weighted by atomic mass is 10.0. The summed E-state index contributed by atoms with van der Waals surface area (Å²) in [6, 6.07) is 4.32. The van der Waals surface area contributed by atoms with Crippen LogP contribution in [0.25, 0.3) is 0 Å². The molecule has 1 aromatic carbocycles. The second-order valence-corrected chi connectivity index (χ2v) is 3.26. The van der Waals surface area contributed by atoms with Gasteiger partial charge in [-0.15, -0.1) is 0 Å². The molecule has 0 unspecified atom stereocenters. The summed E-state index contributed by atoms with van der Waals surface area (Å²) in [5.41, 5.74) is 5.82. The summed E-state index contributed by atoms with van der Waals surface area (Å²) in [7, 11) is 0. The average molecular weight is 181 g/mol. The van der Waals surface area contributed by atoms with Gasteiger partial charge in [0.1, 0.15) is 5.82 Å². The van der Waals surface area contributed by atoms with Crippen LogP contribution in [0.15, 0.2) is 18.2 Å². The van der Waals surface area contributed by atoms with Crippen LogP contribution in [-0.4, -0.2) is 5.91 Å². The number of primary amides is 1. The minimum Gasteiger partial charge on any atom is -0.366 e. The predicted molar refractivity (Wildman–Crippen MR) is 49.0 cm³/mol. The third kappa shape index (κ3) is 2.05. The van der Waals surface area contributed by atoms with E-state index in [0.29, 0.717) is 5.56 Å². The van der Waals surface area contributed by atoms with Crippen LogP contribution in [-0.2, 0) is 0 Å². The number of nitrogens with two attached hydrogens (primary N) is 1. The van der Waals surface area contributed by atoms with E-state index in [1.54, 1.807) is 12.1 Å². The number of hydrogen-bond donors (Lipinski definition) is 1. The number of amides is 1. The topological polar surface area (TPSA) is 43.1 Å². The van der Waals surface area contributed by atoms with E-state index in [0.717, 1.165) is 0 Å². The van der Waals surface area contributed by atoms with Crippen molar-refractivity contribution >= 4 is 5.91 Å². The molecule has 0 radical (unpaired) electrons. The second-order valence-electron chi connectivity index (χ2n) is 3.26. The molecule has 1 aromatic rings. The van der Waals surface area contributed by atoms with Gasteiger partial charge in [0.25, 0.3) is 0 Å². The number of hydrogen-bond acceptors (Lipinski definition) is 1. The molecule has 13 heavy (non-hydrogen) atoms. The van der Waals surface area contributed by atoms with E-state index in [9.17, 15) is 9.18 Å². The van der Waals surface area contributed by atoms with Gasteiger partial charge < -0.3 is 5.73 Å². The molecule has 70 valence electrons. The third-order valence-corrected chi connectivity index (χ3v) is 1.91. The molecule has 0 bridgehead atoms. The van der Waals surface area contributed by atoms with Crippen molar-refractivity contribution in [2.24, 2.45) is 5.73 Å². The maximum atomic E-state index is 13.3. The van der Waals surface area contributed by atoms with Crippen LogP contribution in [0.1, 0.15) is 35.7 Å². The highest BCUT2D eigenvalue weighted by atomic mass is 19.1. The molecule has 0 aliphatic heterocycles. The summed E-state index contributed by atoms with van der Waals surface area (Å²) >= 11 is 0. The molecule has 0 fully saturated rings. The smallest absolute Gasteiger partial charge is 0.248 e. The number of rotatable bonds is 2. The van der Waals surface area contributed by atoms with Crippen LogP contribution in [0.3, 0.4) is 0 Å². The molecule has 0 heterocycles. The SMILES string of the molecule is CC(C)c1ccc(C(N)=O)cc1F. The van der Waals surface area contributed by atoms with Gasteiger partial charge in [0.2, 0.25) is 5.91 Å². The number of carbonyl (C=O) groups is 1. The van der Waals surface area contributed by atoms with Crippen molar-refractivity contribution in [3.8, 4) is 0 Å². The number of carbonyl (C=O) groups excluding carboxylic acids is 1. The van der Waals surface area contributed by atoms with Gasteiger partial charge >= 0.3 is 0 Å². The molecule has 0 aromatic heterocycles. The van der Waals surface area contributed by atoms with E-state index in [1.165, 1.54) is 6.07 Å². The van der Waals surface area contributed by atoms with Crippen molar-refractivity contribution in [2.45, 2.75) is 19.8 Å². The highest BCUT2D eigenvalue weighted by molar-refractivity contribution is 5.92. The zero-order chi connectivity index (χ0) is 10.0. The summed E-state index contributed by atoms with van der Waals surface area (Å²) < 4.78 is 13.3. The fourth-order valence-corrected chi connectivity index (χ4v) is 1.15. The molecular weight excluding hydrogens is 169 g/mol. The van der Waals surface area contributed by atoms with E-state index in [-0.39, 0.29) is 17.3 Å². The Balaban J connectivity index is 3.13. The van der Waals surface area contributed by atoms with Crippen molar-refractivity contribution < 1.29 is 9.18 Å². The van der Waals surface area contributed by atoms with Crippen LogP contribution in [0.2, 0.25) is 0 Å². The fourth-order valence-electron chi connectivity index (χ4n) is 1.15. The van der Waals surface area contributed by atoms with Crippen LogP contribution < -0.4 is 5.73 Å². The fraction of sp³-hybridized carbons (Fsp3) is 0.300. The summed E-state index contributed by atoms with van der Waals surface area (Å²) in [6.45, 7) is 3.78. The quantitative estimate of drug-likeness (QED) is 0.745. The van der Waals surface area contributed by atoms with Crippen LogP contribution >= 0.6 is 0 Å². The summed E-state index contributed by atoms with van der Waals surface area (Å²) in [4.78, 5) is 10.7. The van der Waals surface area contributed by atoms with Gasteiger partial charge in [0.05, 0.1) is 0 Å². The minimum absolute atomic E-state index is 0.113. The lowest BCUT2D eigenvalue weighted by Crippen LogP contribution is -2.11. The Hall–Kier alpha value is -1.38. The van der Waals surface area contributed by atoms with E-state index in [1.807, 2.05) is 13.8 Å². The van der Waals surface area contributed by atoms with Gasteiger partial charge in [-0.1, -0.05) is 19.9 Å². The van der Waals surface area contributed by atoms with Crippen LogP contribution in [0.5, 0.6) is 0 Å². The lowest BCUT2D eigenvalue weighted by molar-refractivity contribution is 0.1000. The maximum absolute atomic E-state index is 13.3. The maximum Gasteiger partial charge on any atom is 0.248 e. The molecule has 0 saturated heterocycles. The highest BCUT2D eigenvalue weighted by Crippen LogP contribution is 2.18. The Kier molecular flexibility index (Phi) is 2.66. The van der Waals surface area contributed by atoms with Gasteiger partial charge in [-0.2, -0.15) is 0 Å². The first-order valence-corrected chi connectivity index (χ1v) is 4.11. The Labute approximate surface area is 76.6 Å². The van der Waals surface area contributed by atoms with Crippen LogP contribution in [0.4, 0.5) is 4.39 Å². The van der Waals surface area contributed by atoms with Gasteiger partial charge in [0.15, 0.2) is 0 Å². The third-order valence-electron chi connectivity index (χ3n) is 1.91. The van der Waals surface area contributed by atoms with Crippen LogP contribution in [0, 0.1) is 5.82 Å². The van der Waals surface area contributed by atoms with Gasteiger partial charge in [0, 0.05) is 5.56 Å². The van der Waals surface area contributed by atoms with E-state index in [4.69, 9.17) is 5.73 Å². The summed E-state index contributed by atoms with van der Waals surface area (Å²) in [5.74, 6) is -0.859. The zero-order valence-electron chi connectivity index (χ0n) is 7.67. The molecule has 0 saturated carbocycles. The summed E-state index contributed by atoms with van der Waals surface area (Å²) in [5, 5.41) is 0. The molecular formula is C10H12FNO. The van der Waals surface area contributed by atoms with E-state index >= 15 is 0 Å². The lowest BCUT2D eigenvalue weighted by Gasteiger charge is -2.07. The Morgan fingerprint density at radius 1 is 1.46 bits per heavy atom. The number of benzene rings is 1. The molecule has 2 N–H and O–H groups in total. The monoisotopic (exact) mass is 181 g/mol. The largest absolute Gasteiger partial charge is 0.366 e. The van der Waals surface area contributed by atoms with Crippen molar-refractivity contribution in [2.75, 3.05) is 0 Å². The Morgan fingerprint density at radius 3 is 2.46 bits per heavy atom. The Bertz CT molecular complexity index is 334. The van der Waals surface area contributed by atoms with Gasteiger partial charge in [-0.05, 0) is 23.6 Å². The first kappa shape index (κ1) is 9.71. The molecule has 1 rings (SSSR count). The number of halogens is 1. The van der Waals surface area contributed by atoms with Gasteiger partial charge in [-0.3, -0.25) is 4.79 Å². The molecule has 0 spiro atoms. The highest BCUT2D eigenvalue weighted by Gasteiger charge is 2.08. The first-order valence-electron chi connectivity index (χ1n) is 4.11. The van der Waals surface area contributed by atoms with Crippen molar-refractivity contribution in [1.29, 1.82) is 0 Å². The molecule has 0 aliphatic rings. The van der Waals surface area contributed by atoms with E-state index < -0.39 is 5.91 Å². The second kappa shape index (κ2) is 3.56. The summed E-state index contributed by atoms with van der Waals surface area (Å²) in [6.07, 6.45) is 0. The molecule has 2 nitrogen and oxygen atoms in total. The molecule has 3 heteroatoms. The Morgan fingerprint density at radius 2 is 2.08 bits per heavy atom. The van der Waals surface area contributed by atoms with E-state index in [2.05, 4.69) is 0 Å². The average Bonchev–Trinajstić information content (AvgIpc) is 2.03. The van der Waals surface area contributed by atoms with Crippen molar-refractivity contribution in [1.82, 2.24) is 0 Å². The molecule has 0 aliphatic carbocycles. The van der Waals surface area contributed by atoms with Gasteiger partial charge in [-0.25, -0.2) is 4.39 Å². The first-order chi connectivity index (χ1) is 6.02. The van der Waals surface area contributed by atoms with Crippen molar-refractivity contribution in [3.05, 3.63) is 35.1 Å². The predicted octanol–water partition coefficient (Wildman–Crippen LogP) is 2.05. The normalized spacial score (nSPS) is 10.5. The minimum atomic E-state index is -0.603. The standard InChI is InChI=1S/C10H12FNO/c1-6(2)8-4-3-7(10(12)13)5-9(8)11/h3-6H,1-2H3,(H2,12,13).